The monoisotopic (exact) mass is 250 g/mol. The van der Waals surface area contributed by atoms with Gasteiger partial charge in [0, 0.05) is 11.8 Å². The lowest BCUT2D eigenvalue weighted by molar-refractivity contribution is -0.137. The molecule has 0 aromatic carbocycles. The third-order valence-electron chi connectivity index (χ3n) is 5.15. The summed E-state index contributed by atoms with van der Waals surface area (Å²) in [6.45, 7) is 7.56. The number of carbonyl (C=O) groups excluding carboxylic acids is 2. The van der Waals surface area contributed by atoms with Crippen molar-refractivity contribution >= 4 is 11.6 Å². The van der Waals surface area contributed by atoms with Crippen LogP contribution >= 0.6 is 0 Å². The molecule has 3 atom stereocenters. The molecular weight excluding hydrogens is 228 g/mol. The highest BCUT2D eigenvalue weighted by atomic mass is 16.3. The van der Waals surface area contributed by atoms with E-state index >= 15 is 0 Å². The highest BCUT2D eigenvalue weighted by Gasteiger charge is 2.61. The molecule has 2 aliphatic carbocycles. The fraction of sp³-hybridized carbons (Fsp3) is 0.733. The number of aliphatic hydroxyl groups is 1. The van der Waals surface area contributed by atoms with Crippen molar-refractivity contribution in [3.63, 3.8) is 0 Å². The van der Waals surface area contributed by atoms with Gasteiger partial charge >= 0.3 is 0 Å². The first kappa shape index (κ1) is 13.5. The van der Waals surface area contributed by atoms with E-state index in [0.717, 1.165) is 12.8 Å². The summed E-state index contributed by atoms with van der Waals surface area (Å²) in [4.78, 5) is 23.6. The smallest absolute Gasteiger partial charge is 0.169 e. The van der Waals surface area contributed by atoms with Crippen molar-refractivity contribution < 1.29 is 14.7 Å². The second-order valence-corrected chi connectivity index (χ2v) is 6.27. The molecule has 3 nitrogen and oxygen atoms in total. The standard InChI is InChI=1S/C15H22O3/c1-9(2)14-6-5-10(3)15(14,18)8-13(17)12(7-14)11(4)16/h7,9-10,18H,5-6,8H2,1-4H3/t10-,14-,15+/m1/s1. The van der Waals surface area contributed by atoms with Crippen molar-refractivity contribution in [3.8, 4) is 0 Å². The normalized spacial score (nSPS) is 39.8. The summed E-state index contributed by atoms with van der Waals surface area (Å²) in [5.41, 5.74) is -1.10. The number of hydrogen-bond donors (Lipinski definition) is 1. The Morgan fingerprint density at radius 3 is 2.61 bits per heavy atom. The molecule has 0 radical (unpaired) electrons. The predicted molar refractivity (Wildman–Crippen MR) is 69.0 cm³/mol. The van der Waals surface area contributed by atoms with Gasteiger partial charge in [-0.15, -0.1) is 0 Å². The van der Waals surface area contributed by atoms with Crippen LogP contribution in [0.3, 0.4) is 0 Å². The van der Waals surface area contributed by atoms with Crippen LogP contribution in [0.15, 0.2) is 11.6 Å². The second kappa shape index (κ2) is 4.02. The molecule has 0 aliphatic heterocycles. The molecule has 0 heterocycles. The van der Waals surface area contributed by atoms with Gasteiger partial charge in [-0.2, -0.15) is 0 Å². The molecule has 0 bridgehead atoms. The van der Waals surface area contributed by atoms with E-state index in [1.807, 2.05) is 6.92 Å². The molecule has 2 aliphatic rings. The number of Topliss-reactive ketones (excluding diaryl/α,β-unsaturated/α-hetero) is 2. The van der Waals surface area contributed by atoms with E-state index < -0.39 is 11.0 Å². The van der Waals surface area contributed by atoms with Gasteiger partial charge in [-0.1, -0.05) is 26.8 Å². The van der Waals surface area contributed by atoms with Crippen molar-refractivity contribution in [3.05, 3.63) is 11.6 Å². The number of fused-ring (bicyclic) bond motifs is 1. The molecule has 18 heavy (non-hydrogen) atoms. The van der Waals surface area contributed by atoms with E-state index in [0.29, 0.717) is 5.57 Å². The maximum absolute atomic E-state index is 12.0. The van der Waals surface area contributed by atoms with E-state index in [2.05, 4.69) is 13.8 Å². The van der Waals surface area contributed by atoms with Crippen molar-refractivity contribution in [2.45, 2.75) is 52.6 Å². The second-order valence-electron chi connectivity index (χ2n) is 6.27. The first-order valence-corrected chi connectivity index (χ1v) is 6.74. The summed E-state index contributed by atoms with van der Waals surface area (Å²) < 4.78 is 0. The summed E-state index contributed by atoms with van der Waals surface area (Å²) >= 11 is 0. The van der Waals surface area contributed by atoms with Crippen LogP contribution in [0.2, 0.25) is 0 Å². The molecule has 0 unspecified atom stereocenters. The minimum Gasteiger partial charge on any atom is -0.388 e. The summed E-state index contributed by atoms with van der Waals surface area (Å²) in [6, 6.07) is 0. The third kappa shape index (κ3) is 1.53. The fourth-order valence-corrected chi connectivity index (χ4v) is 3.84. The number of rotatable bonds is 2. The van der Waals surface area contributed by atoms with Crippen LogP contribution in [0.4, 0.5) is 0 Å². The minimum absolute atomic E-state index is 0.0950. The van der Waals surface area contributed by atoms with Crippen LogP contribution in [-0.2, 0) is 9.59 Å². The van der Waals surface area contributed by atoms with Crippen LogP contribution in [0.25, 0.3) is 0 Å². The van der Waals surface area contributed by atoms with Gasteiger partial charge < -0.3 is 5.11 Å². The number of allylic oxidation sites excluding steroid dienone is 1. The average Bonchev–Trinajstić information content (AvgIpc) is 2.51. The summed E-state index contributed by atoms with van der Waals surface area (Å²) in [5.74, 6) is -0.0554. The number of carbonyl (C=O) groups is 2. The summed E-state index contributed by atoms with van der Waals surface area (Å²) in [6.07, 6.45) is 3.64. The maximum atomic E-state index is 12.0. The molecule has 2 rings (SSSR count). The molecular formula is C15H22O3. The first-order valence-electron chi connectivity index (χ1n) is 6.74. The molecule has 0 saturated heterocycles. The lowest BCUT2D eigenvalue weighted by Crippen LogP contribution is -2.54. The Morgan fingerprint density at radius 2 is 2.11 bits per heavy atom. The average molecular weight is 250 g/mol. The van der Waals surface area contributed by atoms with Gasteiger partial charge in [0.1, 0.15) is 0 Å². The van der Waals surface area contributed by atoms with Crippen LogP contribution in [0, 0.1) is 17.3 Å². The molecule has 1 saturated carbocycles. The Kier molecular flexibility index (Phi) is 3.01. The van der Waals surface area contributed by atoms with Gasteiger partial charge in [0.15, 0.2) is 11.6 Å². The summed E-state index contributed by atoms with van der Waals surface area (Å²) in [5, 5.41) is 11.0. The lowest BCUT2D eigenvalue weighted by Gasteiger charge is -2.48. The Hall–Kier alpha value is -0.960. The zero-order chi connectivity index (χ0) is 13.7. The predicted octanol–water partition coefficient (Wildman–Crippen LogP) is 2.28. The Labute approximate surface area is 108 Å². The highest BCUT2D eigenvalue weighted by molar-refractivity contribution is 6.20. The molecule has 1 fully saturated rings. The molecule has 0 spiro atoms. The Balaban J connectivity index is 2.61. The van der Waals surface area contributed by atoms with Crippen molar-refractivity contribution in [2.24, 2.45) is 17.3 Å². The molecule has 0 aromatic heterocycles. The topological polar surface area (TPSA) is 54.4 Å². The van der Waals surface area contributed by atoms with Crippen molar-refractivity contribution in [1.82, 2.24) is 0 Å². The molecule has 0 amide bonds. The highest BCUT2D eigenvalue weighted by Crippen LogP contribution is 2.59. The van der Waals surface area contributed by atoms with Crippen LogP contribution in [0.1, 0.15) is 47.0 Å². The molecule has 3 heteroatoms. The van der Waals surface area contributed by atoms with E-state index in [-0.39, 0.29) is 29.8 Å². The van der Waals surface area contributed by atoms with Crippen LogP contribution < -0.4 is 0 Å². The van der Waals surface area contributed by atoms with E-state index in [1.54, 1.807) is 6.08 Å². The van der Waals surface area contributed by atoms with Gasteiger partial charge in [-0.05, 0) is 31.6 Å². The zero-order valence-corrected chi connectivity index (χ0v) is 11.6. The molecule has 1 N–H and O–H groups in total. The summed E-state index contributed by atoms with van der Waals surface area (Å²) in [7, 11) is 0. The van der Waals surface area contributed by atoms with Crippen LogP contribution in [0.5, 0.6) is 0 Å². The van der Waals surface area contributed by atoms with Crippen molar-refractivity contribution in [2.75, 3.05) is 0 Å². The van der Waals surface area contributed by atoms with Crippen molar-refractivity contribution in [1.29, 1.82) is 0 Å². The molecule has 100 valence electrons. The largest absolute Gasteiger partial charge is 0.388 e. The van der Waals surface area contributed by atoms with Gasteiger partial charge in [-0.3, -0.25) is 9.59 Å². The van der Waals surface area contributed by atoms with E-state index in [9.17, 15) is 14.7 Å². The zero-order valence-electron chi connectivity index (χ0n) is 11.6. The Bertz CT molecular complexity index is 435. The SMILES string of the molecule is CC(=O)C1=C[C@@]2(C(C)C)CC[C@@H](C)[C@@]2(O)CC1=O. The number of ketones is 2. The van der Waals surface area contributed by atoms with Gasteiger partial charge in [0.25, 0.3) is 0 Å². The van der Waals surface area contributed by atoms with Gasteiger partial charge in [-0.25, -0.2) is 0 Å². The molecule has 0 aromatic rings. The number of hydrogen-bond acceptors (Lipinski definition) is 3. The maximum Gasteiger partial charge on any atom is 0.169 e. The van der Waals surface area contributed by atoms with Crippen LogP contribution in [-0.4, -0.2) is 22.3 Å². The fourth-order valence-electron chi connectivity index (χ4n) is 3.84. The lowest BCUT2D eigenvalue weighted by atomic mass is 9.59. The quantitative estimate of drug-likeness (QED) is 0.765. The Morgan fingerprint density at radius 1 is 1.50 bits per heavy atom. The van der Waals surface area contributed by atoms with E-state index in [1.165, 1.54) is 6.92 Å². The minimum atomic E-state index is -0.975. The first-order chi connectivity index (χ1) is 8.24. The van der Waals surface area contributed by atoms with Gasteiger partial charge in [0.05, 0.1) is 11.2 Å². The van der Waals surface area contributed by atoms with Gasteiger partial charge in [0.2, 0.25) is 0 Å². The van der Waals surface area contributed by atoms with E-state index in [4.69, 9.17) is 0 Å². The third-order valence-corrected chi connectivity index (χ3v) is 5.15.